The number of nitrogens with zero attached hydrogens (tertiary/aromatic N) is 1. The molecule has 1 aromatic rings. The maximum Gasteiger partial charge on any atom is 0.0412 e. The second-order valence-corrected chi connectivity index (χ2v) is 5.52. The van der Waals surface area contributed by atoms with Crippen LogP contribution in [-0.2, 0) is 17.2 Å². The van der Waals surface area contributed by atoms with Crippen molar-refractivity contribution in [2.24, 2.45) is 5.73 Å². The van der Waals surface area contributed by atoms with Gasteiger partial charge in [-0.1, -0.05) is 13.0 Å². The highest BCUT2D eigenvalue weighted by atomic mass is 32.2. The van der Waals surface area contributed by atoms with Gasteiger partial charge in [-0.15, -0.1) is 0 Å². The molecule has 0 radical (unpaired) electrons. The molecule has 0 aliphatic heterocycles. The minimum absolute atomic E-state index is 0.193. The van der Waals surface area contributed by atoms with Crippen LogP contribution in [0, 0.1) is 0 Å². The van der Waals surface area contributed by atoms with Crippen LogP contribution in [-0.4, -0.2) is 26.7 Å². The zero-order valence-corrected chi connectivity index (χ0v) is 9.87. The second-order valence-electron chi connectivity index (χ2n) is 3.54. The van der Waals surface area contributed by atoms with Crippen LogP contribution in [0.4, 0.5) is 0 Å². The van der Waals surface area contributed by atoms with Gasteiger partial charge in [0.1, 0.15) is 0 Å². The number of aromatic nitrogens is 1. The third kappa shape index (κ3) is 4.53. The molecule has 4 heteroatoms. The van der Waals surface area contributed by atoms with Crippen molar-refractivity contribution in [1.29, 1.82) is 0 Å². The molecular weight excluding hydrogens is 208 g/mol. The first-order valence-electron chi connectivity index (χ1n) is 5.21. The average Bonchev–Trinajstić information content (AvgIpc) is 2.27. The zero-order chi connectivity index (χ0) is 11.1. The Morgan fingerprint density at radius 1 is 1.53 bits per heavy atom. The molecule has 0 bridgehead atoms. The lowest BCUT2D eigenvalue weighted by Gasteiger charge is -2.09. The topological polar surface area (TPSA) is 56.0 Å². The second kappa shape index (κ2) is 6.69. The highest BCUT2D eigenvalue weighted by Crippen LogP contribution is 2.03. The van der Waals surface area contributed by atoms with E-state index in [1.807, 2.05) is 25.1 Å². The molecule has 1 heterocycles. The summed E-state index contributed by atoms with van der Waals surface area (Å²) in [5, 5.41) is 0.193. The van der Waals surface area contributed by atoms with Gasteiger partial charge in [0.25, 0.3) is 0 Å². The van der Waals surface area contributed by atoms with Crippen LogP contribution in [0.3, 0.4) is 0 Å². The molecule has 0 aliphatic rings. The first kappa shape index (κ1) is 12.3. The van der Waals surface area contributed by atoms with Gasteiger partial charge < -0.3 is 5.73 Å². The first-order chi connectivity index (χ1) is 7.24. The van der Waals surface area contributed by atoms with Crippen molar-refractivity contribution in [3.63, 3.8) is 0 Å². The van der Waals surface area contributed by atoms with Gasteiger partial charge >= 0.3 is 0 Å². The van der Waals surface area contributed by atoms with E-state index < -0.39 is 10.8 Å². The smallest absolute Gasteiger partial charge is 0.0412 e. The molecule has 0 fully saturated rings. The van der Waals surface area contributed by atoms with Gasteiger partial charge in [0.05, 0.1) is 0 Å². The SMILES string of the molecule is CC(CCN)S(=O)CCc1ccccn1. The van der Waals surface area contributed by atoms with Gasteiger partial charge in [0.2, 0.25) is 0 Å². The molecule has 0 spiro atoms. The van der Waals surface area contributed by atoms with E-state index in [2.05, 4.69) is 4.98 Å². The number of rotatable bonds is 6. The van der Waals surface area contributed by atoms with Crippen molar-refractivity contribution >= 4 is 10.8 Å². The van der Waals surface area contributed by atoms with Crippen molar-refractivity contribution in [3.05, 3.63) is 30.1 Å². The summed E-state index contributed by atoms with van der Waals surface area (Å²) in [4.78, 5) is 4.20. The molecule has 1 aromatic heterocycles. The lowest BCUT2D eigenvalue weighted by molar-refractivity contribution is 0.665. The van der Waals surface area contributed by atoms with Crippen molar-refractivity contribution in [3.8, 4) is 0 Å². The lowest BCUT2D eigenvalue weighted by atomic mass is 10.3. The van der Waals surface area contributed by atoms with E-state index in [-0.39, 0.29) is 5.25 Å². The van der Waals surface area contributed by atoms with Crippen molar-refractivity contribution in [1.82, 2.24) is 4.98 Å². The Kier molecular flexibility index (Phi) is 5.50. The largest absolute Gasteiger partial charge is 0.330 e. The van der Waals surface area contributed by atoms with Gasteiger partial charge in [-0.05, 0) is 25.1 Å². The Morgan fingerprint density at radius 3 is 2.93 bits per heavy atom. The van der Waals surface area contributed by atoms with Crippen molar-refractivity contribution < 1.29 is 4.21 Å². The van der Waals surface area contributed by atoms with Crippen LogP contribution in [0.1, 0.15) is 19.0 Å². The van der Waals surface area contributed by atoms with E-state index in [0.29, 0.717) is 12.3 Å². The van der Waals surface area contributed by atoms with Gasteiger partial charge in [0, 0.05) is 40.1 Å². The van der Waals surface area contributed by atoms with Crippen LogP contribution < -0.4 is 5.73 Å². The fourth-order valence-corrected chi connectivity index (χ4v) is 2.53. The van der Waals surface area contributed by atoms with Crippen LogP contribution in [0.25, 0.3) is 0 Å². The van der Waals surface area contributed by atoms with Gasteiger partial charge in [0.15, 0.2) is 0 Å². The summed E-state index contributed by atoms with van der Waals surface area (Å²) < 4.78 is 11.7. The molecule has 0 aromatic carbocycles. The molecule has 2 N–H and O–H groups in total. The maximum atomic E-state index is 11.7. The quantitative estimate of drug-likeness (QED) is 0.790. The Bertz CT molecular complexity index is 303. The minimum Gasteiger partial charge on any atom is -0.330 e. The van der Waals surface area contributed by atoms with Crippen LogP contribution in [0.15, 0.2) is 24.4 Å². The third-order valence-corrected chi connectivity index (χ3v) is 4.05. The summed E-state index contributed by atoms with van der Waals surface area (Å²) in [7, 11) is -0.785. The molecule has 1 rings (SSSR count). The number of pyridine rings is 1. The average molecular weight is 226 g/mol. The van der Waals surface area contributed by atoms with Gasteiger partial charge in [-0.2, -0.15) is 0 Å². The number of aryl methyl sites for hydroxylation is 1. The summed E-state index contributed by atoms with van der Waals surface area (Å²) >= 11 is 0. The van der Waals surface area contributed by atoms with Crippen LogP contribution in [0.5, 0.6) is 0 Å². The van der Waals surface area contributed by atoms with Gasteiger partial charge in [-0.3, -0.25) is 9.19 Å². The van der Waals surface area contributed by atoms with E-state index in [1.165, 1.54) is 0 Å². The molecule has 0 saturated carbocycles. The lowest BCUT2D eigenvalue weighted by Crippen LogP contribution is -2.19. The molecule has 84 valence electrons. The molecule has 3 nitrogen and oxygen atoms in total. The summed E-state index contributed by atoms with van der Waals surface area (Å²) in [6.07, 6.45) is 3.37. The Hall–Kier alpha value is -0.740. The van der Waals surface area contributed by atoms with E-state index in [9.17, 15) is 4.21 Å². The molecule has 2 unspecified atom stereocenters. The minimum atomic E-state index is -0.785. The fraction of sp³-hybridized carbons (Fsp3) is 0.545. The van der Waals surface area contributed by atoms with E-state index in [4.69, 9.17) is 5.73 Å². The van der Waals surface area contributed by atoms with E-state index in [0.717, 1.165) is 18.5 Å². The summed E-state index contributed by atoms with van der Waals surface area (Å²) in [5.74, 6) is 0.679. The third-order valence-electron chi connectivity index (χ3n) is 2.31. The highest BCUT2D eigenvalue weighted by molar-refractivity contribution is 7.85. The number of hydrogen-bond acceptors (Lipinski definition) is 3. The van der Waals surface area contributed by atoms with E-state index >= 15 is 0 Å². The number of hydrogen-bond donors (Lipinski definition) is 1. The first-order valence-corrected chi connectivity index (χ1v) is 6.59. The molecule has 0 saturated heterocycles. The Morgan fingerprint density at radius 2 is 2.33 bits per heavy atom. The monoisotopic (exact) mass is 226 g/mol. The molecule has 2 atom stereocenters. The van der Waals surface area contributed by atoms with Crippen LogP contribution in [0.2, 0.25) is 0 Å². The molecular formula is C11H18N2OS. The molecule has 15 heavy (non-hydrogen) atoms. The Balaban J connectivity index is 2.34. The van der Waals surface area contributed by atoms with E-state index in [1.54, 1.807) is 6.20 Å². The predicted molar refractivity (Wildman–Crippen MR) is 64.1 cm³/mol. The van der Waals surface area contributed by atoms with Gasteiger partial charge in [-0.25, -0.2) is 0 Å². The molecule has 0 amide bonds. The summed E-state index contributed by atoms with van der Waals surface area (Å²) in [6, 6.07) is 5.80. The highest BCUT2D eigenvalue weighted by Gasteiger charge is 2.09. The maximum absolute atomic E-state index is 11.7. The normalized spacial score (nSPS) is 14.8. The zero-order valence-electron chi connectivity index (χ0n) is 9.06. The number of nitrogens with two attached hydrogens (primary N) is 1. The van der Waals surface area contributed by atoms with Crippen molar-refractivity contribution in [2.45, 2.75) is 25.0 Å². The summed E-state index contributed by atoms with van der Waals surface area (Å²) in [5.41, 5.74) is 6.43. The Labute approximate surface area is 93.6 Å². The summed E-state index contributed by atoms with van der Waals surface area (Å²) in [6.45, 7) is 2.60. The predicted octanol–water partition coefficient (Wildman–Crippen LogP) is 1.11. The van der Waals surface area contributed by atoms with Crippen LogP contribution >= 0.6 is 0 Å². The fourth-order valence-electron chi connectivity index (χ4n) is 1.32. The van der Waals surface area contributed by atoms with Crippen molar-refractivity contribution in [2.75, 3.05) is 12.3 Å². The molecule has 0 aliphatic carbocycles. The standard InChI is InChI=1S/C11H18N2OS/c1-10(5-7-12)15(14)9-6-11-4-2-3-8-13-11/h2-4,8,10H,5-7,9,12H2,1H3.